The standard InChI is InChI=1S/C34H32O2S2.F6P/c1-5-20-15-22(7-3)33-27(17-20)32(36)26-19-24(13-14-29(26)37-33)38-30-12-10-9-11-25(30)31(35)28-18-21(6-2)16-23(8-4)34(28)38;1-7(2,3,4,5)6/h9-19,25H,5-8H2,1-4H3;/q;-1/p+1. The van der Waals surface area contributed by atoms with Gasteiger partial charge in [-0.05, 0) is 72.7 Å². The SMILES string of the molecule is CCc1cc(CC)c2c(c1)C(=O)C1C=CC=CC1=[SH+]2c1ccc2sc3c(CC)cc(CC)cc3c(=O)c2c1.F[P-](F)(F)(F)(F)F. The summed E-state index contributed by atoms with van der Waals surface area (Å²) in [5, 5.41) is 1.64. The van der Waals surface area contributed by atoms with E-state index in [2.05, 4.69) is 82.3 Å². The first kappa shape index (κ1) is 33.3. The van der Waals surface area contributed by atoms with Crippen molar-refractivity contribution < 1.29 is 30.0 Å². The van der Waals surface area contributed by atoms with Crippen LogP contribution in [0.5, 0.6) is 0 Å². The van der Waals surface area contributed by atoms with E-state index in [1.807, 2.05) is 12.2 Å². The number of benzene rings is 3. The monoisotopic (exact) mass is 682 g/mol. The van der Waals surface area contributed by atoms with Crippen LogP contribution in [-0.2, 0) is 36.2 Å². The van der Waals surface area contributed by atoms with E-state index in [0.717, 1.165) is 56.3 Å². The zero-order chi connectivity index (χ0) is 33.0. The van der Waals surface area contributed by atoms with Gasteiger partial charge in [0.15, 0.2) is 11.2 Å². The van der Waals surface area contributed by atoms with Gasteiger partial charge in [0, 0.05) is 31.8 Å². The Kier molecular flexibility index (Phi) is 8.38. The van der Waals surface area contributed by atoms with E-state index in [4.69, 9.17) is 0 Å². The van der Waals surface area contributed by atoms with Crippen molar-refractivity contribution in [1.82, 2.24) is 0 Å². The molecule has 4 aromatic rings. The first-order valence-electron chi connectivity index (χ1n) is 14.7. The van der Waals surface area contributed by atoms with Crippen molar-refractivity contribution in [3.63, 3.8) is 0 Å². The number of Topliss-reactive ketones (excluding diaryl/α,β-unsaturated/α-hetero) is 1. The van der Waals surface area contributed by atoms with Crippen molar-refractivity contribution >= 4 is 60.4 Å². The molecule has 2 atom stereocenters. The number of carbonyl (C=O) groups excluding carboxylic acids is 1. The van der Waals surface area contributed by atoms with Crippen LogP contribution in [0.25, 0.3) is 20.2 Å². The molecule has 0 radical (unpaired) electrons. The molecule has 2 nitrogen and oxygen atoms in total. The molecule has 3 aromatic carbocycles. The van der Waals surface area contributed by atoms with Gasteiger partial charge in [-0.25, -0.2) is 0 Å². The molecule has 0 saturated heterocycles. The van der Waals surface area contributed by atoms with Crippen molar-refractivity contribution in [2.24, 2.45) is 5.92 Å². The van der Waals surface area contributed by atoms with Crippen LogP contribution in [0.2, 0.25) is 0 Å². The molecule has 11 heteroatoms. The molecular formula is C34H33F6O2PS2. The number of fused-ring (bicyclic) bond motifs is 4. The summed E-state index contributed by atoms with van der Waals surface area (Å²) in [4.78, 5) is 31.3. The van der Waals surface area contributed by atoms with E-state index in [-0.39, 0.29) is 17.1 Å². The number of rotatable bonds is 5. The van der Waals surface area contributed by atoms with Gasteiger partial charge in [0.05, 0.1) is 5.56 Å². The molecule has 0 fully saturated rings. The summed E-state index contributed by atoms with van der Waals surface area (Å²) in [6.07, 6.45) is 11.9. The van der Waals surface area contributed by atoms with Gasteiger partial charge in [-0.15, -0.1) is 11.3 Å². The first-order chi connectivity index (χ1) is 20.9. The molecule has 2 unspecified atom stereocenters. The number of allylic oxidation sites excluding steroid dienone is 4. The second kappa shape index (κ2) is 11.3. The van der Waals surface area contributed by atoms with Gasteiger partial charge >= 0.3 is 33.0 Å². The number of ketones is 1. The Morgan fingerprint density at radius 1 is 0.756 bits per heavy atom. The summed E-state index contributed by atoms with van der Waals surface area (Å²) < 4.78 is 61.3. The van der Waals surface area contributed by atoms with Crippen LogP contribution in [-0.4, -0.2) is 10.6 Å². The maximum absolute atomic E-state index is 14.0. The number of carbonyl (C=O) groups is 1. The summed E-state index contributed by atoms with van der Waals surface area (Å²) in [6, 6.07) is 15.3. The predicted molar refractivity (Wildman–Crippen MR) is 180 cm³/mol. The van der Waals surface area contributed by atoms with E-state index in [1.54, 1.807) is 11.3 Å². The van der Waals surface area contributed by atoms with Crippen LogP contribution in [0, 0.1) is 5.92 Å². The van der Waals surface area contributed by atoms with Crippen LogP contribution < -0.4 is 5.43 Å². The third-order valence-corrected chi connectivity index (χ3v) is 12.0. The fraction of sp³-hybridized carbons (Fsp3) is 0.265. The molecule has 0 saturated carbocycles. The molecule has 0 spiro atoms. The van der Waals surface area contributed by atoms with Crippen molar-refractivity contribution in [3.8, 4) is 0 Å². The first-order valence-corrected chi connectivity index (χ1v) is 18.9. The number of hydrogen-bond donors (Lipinski definition) is 0. The number of thiol groups is 1. The zero-order valence-corrected chi connectivity index (χ0v) is 27.7. The van der Waals surface area contributed by atoms with Crippen molar-refractivity contribution in [1.29, 1.82) is 0 Å². The number of halogens is 6. The summed E-state index contributed by atoms with van der Waals surface area (Å²) in [6.45, 7) is 8.64. The molecule has 2 aliphatic rings. The van der Waals surface area contributed by atoms with Gasteiger partial charge in [-0.3, -0.25) is 9.59 Å². The zero-order valence-electron chi connectivity index (χ0n) is 25.1. The van der Waals surface area contributed by atoms with Crippen molar-refractivity contribution in [3.05, 3.63) is 105 Å². The Hall–Kier alpha value is -3.07. The summed E-state index contributed by atoms with van der Waals surface area (Å²) in [5.74, 6) is -0.0199. The topological polar surface area (TPSA) is 34.1 Å². The van der Waals surface area contributed by atoms with Crippen molar-refractivity contribution in [2.75, 3.05) is 0 Å². The molecule has 0 N–H and O–H groups in total. The third kappa shape index (κ3) is 7.18. The Morgan fingerprint density at radius 3 is 2.00 bits per heavy atom. The van der Waals surface area contributed by atoms with E-state index in [0.29, 0.717) is 0 Å². The fourth-order valence-corrected chi connectivity index (χ4v) is 10.1. The van der Waals surface area contributed by atoms with Crippen LogP contribution in [0.4, 0.5) is 25.2 Å². The minimum absolute atomic E-state index is 0.126. The van der Waals surface area contributed by atoms with Crippen molar-refractivity contribution in [2.45, 2.75) is 63.2 Å². The molecule has 6 rings (SSSR count). The molecule has 1 aliphatic carbocycles. The molecule has 1 aromatic heterocycles. The van der Waals surface area contributed by atoms with Crippen LogP contribution in [0.1, 0.15) is 60.3 Å². The van der Waals surface area contributed by atoms with Crippen LogP contribution >= 0.6 is 19.1 Å². The Bertz CT molecular complexity index is 2030. The molecule has 2 heterocycles. The molecule has 240 valence electrons. The molecular weight excluding hydrogens is 649 g/mol. The quantitative estimate of drug-likeness (QED) is 0.0524. The Labute approximate surface area is 263 Å². The summed E-state index contributed by atoms with van der Waals surface area (Å²) in [5.41, 5.74) is 5.96. The average molecular weight is 683 g/mol. The van der Waals surface area contributed by atoms with Gasteiger partial charge in [0.25, 0.3) is 0 Å². The summed E-state index contributed by atoms with van der Waals surface area (Å²) >= 11 is 1.73. The predicted octanol–water partition coefficient (Wildman–Crippen LogP) is 10.9. The van der Waals surface area contributed by atoms with Gasteiger partial charge in [0.1, 0.15) is 20.6 Å². The molecule has 1 aliphatic heterocycles. The normalized spacial score (nSPS) is 19.1. The van der Waals surface area contributed by atoms with E-state index < -0.39 is 18.3 Å². The molecule has 0 amide bonds. The van der Waals surface area contributed by atoms with Gasteiger partial charge in [0.2, 0.25) is 0 Å². The van der Waals surface area contributed by atoms with E-state index in [1.165, 1.54) is 32.0 Å². The van der Waals surface area contributed by atoms with Gasteiger partial charge < -0.3 is 0 Å². The average Bonchev–Trinajstić information content (AvgIpc) is 2.99. The maximum atomic E-state index is 14.0. The van der Waals surface area contributed by atoms with Gasteiger partial charge in [-0.2, -0.15) is 0 Å². The molecule has 45 heavy (non-hydrogen) atoms. The second-order valence-corrected chi connectivity index (χ2v) is 16.2. The fourth-order valence-electron chi connectivity index (χ4n) is 5.92. The van der Waals surface area contributed by atoms with Crippen LogP contribution in [0.15, 0.2) is 81.4 Å². The Balaban J connectivity index is 0.000000515. The van der Waals surface area contributed by atoms with E-state index in [9.17, 15) is 34.8 Å². The van der Waals surface area contributed by atoms with E-state index >= 15 is 0 Å². The summed E-state index contributed by atoms with van der Waals surface area (Å²) in [7, 11) is -11.6. The minimum atomic E-state index is -10.7. The number of aryl methyl sites for hydroxylation is 4. The molecule has 0 bridgehead atoms. The van der Waals surface area contributed by atoms with Gasteiger partial charge in [-0.1, -0.05) is 68.5 Å². The second-order valence-electron chi connectivity index (χ2n) is 11.1. The van der Waals surface area contributed by atoms with Crippen LogP contribution in [0.3, 0.4) is 0 Å². The third-order valence-electron chi connectivity index (χ3n) is 8.01. The Morgan fingerprint density at radius 2 is 1.38 bits per heavy atom. The number of hydrogen-bond acceptors (Lipinski definition) is 3.